The Morgan fingerprint density at radius 1 is 0.926 bits per heavy atom. The van der Waals surface area contributed by atoms with Crippen molar-refractivity contribution in [2.75, 3.05) is 15.8 Å². The Morgan fingerprint density at radius 3 is 2.37 bits per heavy atom. The third-order valence-corrected chi connectivity index (χ3v) is 5.55. The van der Waals surface area contributed by atoms with Crippen LogP contribution in [0, 0.1) is 6.92 Å². The highest BCUT2D eigenvalue weighted by Crippen LogP contribution is 2.14. The lowest BCUT2D eigenvalue weighted by atomic mass is 10.1. The van der Waals surface area contributed by atoms with Crippen molar-refractivity contribution in [2.45, 2.75) is 19.9 Å². The number of pyridine rings is 1. The molecule has 6 heteroatoms. The summed E-state index contributed by atoms with van der Waals surface area (Å²) >= 11 is 0. The lowest BCUT2D eigenvalue weighted by Gasteiger charge is -2.10. The molecule has 0 aliphatic carbocycles. The number of hydrogen-bond acceptors (Lipinski definition) is 4. The van der Waals surface area contributed by atoms with Gasteiger partial charge in [-0.2, -0.15) is 0 Å². The Balaban J connectivity index is 1.54. The Labute approximate surface area is 160 Å². The highest BCUT2D eigenvalue weighted by molar-refractivity contribution is 7.92. The molecule has 0 spiro atoms. The first-order valence-electron chi connectivity index (χ1n) is 8.81. The number of nitrogens with zero attached hydrogens (tertiary/aromatic N) is 1. The van der Waals surface area contributed by atoms with E-state index in [1.54, 1.807) is 12.1 Å². The maximum atomic E-state index is 12.3. The quantitative estimate of drug-likeness (QED) is 0.619. The van der Waals surface area contributed by atoms with Crippen LogP contribution in [0.25, 0.3) is 0 Å². The highest BCUT2D eigenvalue weighted by atomic mass is 32.2. The van der Waals surface area contributed by atoms with Crippen molar-refractivity contribution in [3.05, 3.63) is 89.6 Å². The Bertz CT molecular complexity index is 972. The Hall–Kier alpha value is -2.86. The van der Waals surface area contributed by atoms with Crippen molar-refractivity contribution in [3.8, 4) is 0 Å². The molecule has 140 valence electrons. The minimum Gasteiger partial charge on any atom is -0.366 e. The van der Waals surface area contributed by atoms with E-state index >= 15 is 0 Å². The first-order valence-corrected chi connectivity index (χ1v) is 10.5. The number of aromatic nitrogens is 1. The molecular weight excluding hydrogens is 358 g/mol. The number of nitrogens with one attached hydrogen (secondary N) is 2. The van der Waals surface area contributed by atoms with Crippen LogP contribution in [0.1, 0.15) is 16.7 Å². The molecule has 1 aromatic heterocycles. The highest BCUT2D eigenvalue weighted by Gasteiger charge is 2.11. The molecule has 5 nitrogen and oxygen atoms in total. The smallest absolute Gasteiger partial charge is 0.233 e. The summed E-state index contributed by atoms with van der Waals surface area (Å²) in [6.07, 6.45) is 2.00. The Kier molecular flexibility index (Phi) is 6.08. The van der Waals surface area contributed by atoms with E-state index in [0.29, 0.717) is 24.5 Å². The van der Waals surface area contributed by atoms with Crippen LogP contribution in [0.15, 0.2) is 72.9 Å². The van der Waals surface area contributed by atoms with Gasteiger partial charge >= 0.3 is 0 Å². The molecule has 0 amide bonds. The van der Waals surface area contributed by atoms with Gasteiger partial charge in [0.2, 0.25) is 10.0 Å². The van der Waals surface area contributed by atoms with E-state index in [2.05, 4.69) is 34.1 Å². The van der Waals surface area contributed by atoms with Crippen LogP contribution in [-0.2, 0) is 23.0 Å². The Morgan fingerprint density at radius 2 is 1.67 bits per heavy atom. The van der Waals surface area contributed by atoms with Gasteiger partial charge < -0.3 is 5.32 Å². The predicted molar refractivity (Wildman–Crippen MR) is 110 cm³/mol. The standard InChI is InChI=1S/C21H23N3O2S/c1-17-7-5-6-10-19(17)15-22-21-12-11-20(16-23-21)24-27(25,26)14-13-18-8-3-2-4-9-18/h2-12,16,24H,13-15H2,1H3,(H,22,23). The summed E-state index contributed by atoms with van der Waals surface area (Å²) < 4.78 is 27.1. The maximum Gasteiger partial charge on any atom is 0.233 e. The average Bonchev–Trinajstić information content (AvgIpc) is 2.68. The fourth-order valence-electron chi connectivity index (χ4n) is 2.68. The van der Waals surface area contributed by atoms with Gasteiger partial charge in [-0.3, -0.25) is 4.72 Å². The molecule has 2 N–H and O–H groups in total. The summed E-state index contributed by atoms with van der Waals surface area (Å²) in [6, 6.07) is 21.2. The SMILES string of the molecule is Cc1ccccc1CNc1ccc(NS(=O)(=O)CCc2ccccc2)cn1. The molecule has 1 heterocycles. The van der Waals surface area contributed by atoms with Crippen LogP contribution in [-0.4, -0.2) is 19.2 Å². The average molecular weight is 382 g/mol. The fraction of sp³-hybridized carbons (Fsp3) is 0.190. The molecule has 0 aliphatic rings. The van der Waals surface area contributed by atoms with Crippen molar-refractivity contribution in [1.82, 2.24) is 4.98 Å². The first kappa shape index (κ1) is 18.9. The van der Waals surface area contributed by atoms with E-state index in [0.717, 1.165) is 5.56 Å². The van der Waals surface area contributed by atoms with Gasteiger partial charge in [0.15, 0.2) is 0 Å². The summed E-state index contributed by atoms with van der Waals surface area (Å²) in [5.74, 6) is 0.732. The lowest BCUT2D eigenvalue weighted by Crippen LogP contribution is -2.18. The van der Waals surface area contributed by atoms with Gasteiger partial charge in [0.05, 0.1) is 17.6 Å². The van der Waals surface area contributed by atoms with E-state index in [1.165, 1.54) is 17.3 Å². The fourth-order valence-corrected chi connectivity index (χ4v) is 3.77. The lowest BCUT2D eigenvalue weighted by molar-refractivity contribution is 0.600. The largest absolute Gasteiger partial charge is 0.366 e. The second-order valence-corrected chi connectivity index (χ2v) is 8.21. The van der Waals surface area contributed by atoms with Crippen LogP contribution in [0.5, 0.6) is 0 Å². The van der Waals surface area contributed by atoms with Gasteiger partial charge in [-0.25, -0.2) is 13.4 Å². The van der Waals surface area contributed by atoms with E-state index in [1.807, 2.05) is 42.5 Å². The summed E-state index contributed by atoms with van der Waals surface area (Å²) in [5.41, 5.74) is 3.87. The second kappa shape index (κ2) is 8.68. The summed E-state index contributed by atoms with van der Waals surface area (Å²) in [7, 11) is -3.42. The number of aryl methyl sites for hydroxylation is 2. The zero-order chi connectivity index (χ0) is 19.1. The van der Waals surface area contributed by atoms with Crippen LogP contribution < -0.4 is 10.0 Å². The molecule has 0 aliphatic heterocycles. The number of sulfonamides is 1. The minimum atomic E-state index is -3.42. The molecule has 3 aromatic rings. The van der Waals surface area contributed by atoms with Crippen LogP contribution in [0.3, 0.4) is 0 Å². The van der Waals surface area contributed by atoms with Gasteiger partial charge in [-0.05, 0) is 42.2 Å². The van der Waals surface area contributed by atoms with Crippen LogP contribution in [0.4, 0.5) is 11.5 Å². The molecule has 3 rings (SSSR count). The minimum absolute atomic E-state index is 0.0320. The zero-order valence-corrected chi connectivity index (χ0v) is 16.0. The van der Waals surface area contributed by atoms with Crippen LogP contribution in [0.2, 0.25) is 0 Å². The molecule has 0 bridgehead atoms. The molecule has 0 radical (unpaired) electrons. The predicted octanol–water partition coefficient (Wildman–Crippen LogP) is 3.99. The molecule has 0 fully saturated rings. The maximum absolute atomic E-state index is 12.3. The van der Waals surface area contributed by atoms with Gasteiger partial charge in [0.25, 0.3) is 0 Å². The van der Waals surface area contributed by atoms with Gasteiger partial charge in [-0.1, -0.05) is 54.6 Å². The molecule has 0 saturated carbocycles. The van der Waals surface area contributed by atoms with Gasteiger partial charge in [0, 0.05) is 6.54 Å². The van der Waals surface area contributed by atoms with Crippen molar-refractivity contribution in [3.63, 3.8) is 0 Å². The molecule has 0 unspecified atom stereocenters. The zero-order valence-electron chi connectivity index (χ0n) is 15.2. The van der Waals surface area contributed by atoms with Gasteiger partial charge in [0.1, 0.15) is 5.82 Å². The van der Waals surface area contributed by atoms with E-state index in [-0.39, 0.29) is 5.75 Å². The molecule has 0 saturated heterocycles. The van der Waals surface area contributed by atoms with Crippen molar-refractivity contribution in [1.29, 1.82) is 0 Å². The number of anilines is 2. The summed E-state index contributed by atoms with van der Waals surface area (Å²) in [4.78, 5) is 4.29. The van der Waals surface area contributed by atoms with E-state index in [4.69, 9.17) is 0 Å². The second-order valence-electron chi connectivity index (χ2n) is 6.37. The number of benzene rings is 2. The number of hydrogen-bond donors (Lipinski definition) is 2. The molecule has 27 heavy (non-hydrogen) atoms. The van der Waals surface area contributed by atoms with Crippen molar-refractivity contribution >= 4 is 21.5 Å². The summed E-state index contributed by atoms with van der Waals surface area (Å²) in [6.45, 7) is 2.74. The van der Waals surface area contributed by atoms with Gasteiger partial charge in [-0.15, -0.1) is 0 Å². The normalized spacial score (nSPS) is 11.1. The molecule has 0 atom stereocenters. The van der Waals surface area contributed by atoms with E-state index in [9.17, 15) is 8.42 Å². The third-order valence-electron chi connectivity index (χ3n) is 4.26. The first-order chi connectivity index (χ1) is 13.0. The molecule has 2 aromatic carbocycles. The summed E-state index contributed by atoms with van der Waals surface area (Å²) in [5, 5.41) is 3.25. The van der Waals surface area contributed by atoms with Crippen molar-refractivity contribution in [2.24, 2.45) is 0 Å². The van der Waals surface area contributed by atoms with Crippen molar-refractivity contribution < 1.29 is 8.42 Å². The third kappa shape index (κ3) is 5.82. The van der Waals surface area contributed by atoms with E-state index < -0.39 is 10.0 Å². The number of rotatable bonds is 8. The topological polar surface area (TPSA) is 71.1 Å². The monoisotopic (exact) mass is 381 g/mol. The molecular formula is C21H23N3O2S. The van der Waals surface area contributed by atoms with Crippen LogP contribution >= 0.6 is 0 Å².